The maximum Gasteiger partial charge on any atom is 0.360 e. The molecule has 2 heterocycles. The number of aromatic nitrogens is 1. The van der Waals surface area contributed by atoms with Crippen LogP contribution in [0.1, 0.15) is 54.9 Å². The molecule has 1 saturated heterocycles. The van der Waals surface area contributed by atoms with Gasteiger partial charge in [0.2, 0.25) is 0 Å². The van der Waals surface area contributed by atoms with Crippen molar-refractivity contribution in [2.75, 3.05) is 13.2 Å². The number of oxazole rings is 1. The summed E-state index contributed by atoms with van der Waals surface area (Å²) in [6.07, 6.45) is 5.52. The summed E-state index contributed by atoms with van der Waals surface area (Å²) in [4.78, 5) is 16.0. The molecule has 0 aromatic carbocycles. The average molecular weight is 251 g/mol. The highest BCUT2D eigenvalue weighted by Gasteiger charge is 2.33. The molecule has 18 heavy (non-hydrogen) atoms. The van der Waals surface area contributed by atoms with Gasteiger partial charge in [0.25, 0.3) is 0 Å². The first-order valence-corrected chi connectivity index (χ1v) is 6.43. The Kier molecular flexibility index (Phi) is 2.86. The minimum atomic E-state index is -0.428. The molecular formula is C13H17NO4. The first-order chi connectivity index (χ1) is 8.66. The van der Waals surface area contributed by atoms with Crippen LogP contribution in [0.25, 0.3) is 0 Å². The van der Waals surface area contributed by atoms with Crippen LogP contribution in [0.5, 0.6) is 0 Å². The van der Waals surface area contributed by atoms with E-state index in [0.717, 1.165) is 32.3 Å². The van der Waals surface area contributed by atoms with Gasteiger partial charge in [0, 0.05) is 12.5 Å². The summed E-state index contributed by atoms with van der Waals surface area (Å²) in [6.45, 7) is 2.98. The van der Waals surface area contributed by atoms with Crippen molar-refractivity contribution in [2.24, 2.45) is 0 Å². The molecule has 2 fully saturated rings. The Morgan fingerprint density at radius 3 is 3.11 bits per heavy atom. The zero-order chi connectivity index (χ0) is 12.6. The third-order valence-corrected chi connectivity index (χ3v) is 3.47. The lowest BCUT2D eigenvalue weighted by Crippen LogP contribution is -2.31. The van der Waals surface area contributed by atoms with E-state index in [1.165, 1.54) is 6.26 Å². The Labute approximate surface area is 105 Å². The fraction of sp³-hybridized carbons (Fsp3) is 0.692. The van der Waals surface area contributed by atoms with Crippen LogP contribution in [0.3, 0.4) is 0 Å². The van der Waals surface area contributed by atoms with Crippen molar-refractivity contribution in [2.45, 2.75) is 44.1 Å². The van der Waals surface area contributed by atoms with E-state index in [-0.39, 0.29) is 17.9 Å². The molecule has 5 nitrogen and oxygen atoms in total. The van der Waals surface area contributed by atoms with Crippen LogP contribution in [0, 0.1) is 0 Å². The molecule has 5 heteroatoms. The second kappa shape index (κ2) is 4.39. The summed E-state index contributed by atoms with van der Waals surface area (Å²) in [5.41, 5.74) is -0.0721. The first-order valence-electron chi connectivity index (χ1n) is 6.43. The minimum Gasteiger partial charge on any atom is -0.458 e. The molecule has 0 radical (unpaired) electrons. The largest absolute Gasteiger partial charge is 0.458 e. The molecule has 0 N–H and O–H groups in total. The van der Waals surface area contributed by atoms with E-state index in [4.69, 9.17) is 13.9 Å². The summed E-state index contributed by atoms with van der Waals surface area (Å²) in [5.74, 6) is 0.634. The highest BCUT2D eigenvalue weighted by molar-refractivity contribution is 5.86. The zero-order valence-electron chi connectivity index (χ0n) is 10.5. The summed E-state index contributed by atoms with van der Waals surface area (Å²) >= 11 is 0. The molecule has 2 aliphatic rings. The molecule has 0 unspecified atom stereocenters. The summed E-state index contributed by atoms with van der Waals surface area (Å²) in [7, 11) is 0. The number of hydrogen-bond acceptors (Lipinski definition) is 5. The van der Waals surface area contributed by atoms with Crippen molar-refractivity contribution in [3.63, 3.8) is 0 Å². The van der Waals surface area contributed by atoms with Crippen molar-refractivity contribution in [1.82, 2.24) is 4.98 Å². The Morgan fingerprint density at radius 2 is 2.44 bits per heavy atom. The van der Waals surface area contributed by atoms with Crippen LogP contribution in [0.4, 0.5) is 0 Å². The highest BCUT2D eigenvalue weighted by atomic mass is 16.6. The summed E-state index contributed by atoms with van der Waals surface area (Å²) in [6, 6.07) is 0. The fourth-order valence-corrected chi connectivity index (χ4v) is 2.14. The fourth-order valence-electron chi connectivity index (χ4n) is 2.14. The maximum atomic E-state index is 11.8. The van der Waals surface area contributed by atoms with Gasteiger partial charge in [-0.25, -0.2) is 9.78 Å². The second-order valence-electron chi connectivity index (χ2n) is 5.32. The monoisotopic (exact) mass is 251 g/mol. The van der Waals surface area contributed by atoms with Gasteiger partial charge in [0.15, 0.2) is 11.6 Å². The van der Waals surface area contributed by atoms with E-state index in [2.05, 4.69) is 4.98 Å². The standard InChI is InChI=1S/C13H17NO4/c1-13(5-2-6-18-13)8-17-12(15)10-7-16-11(14-10)9-3-4-9/h7,9H,2-6,8H2,1H3/t13-/m0/s1. The van der Waals surface area contributed by atoms with Gasteiger partial charge in [0.1, 0.15) is 12.9 Å². The summed E-state index contributed by atoms with van der Waals surface area (Å²) < 4.78 is 16.1. The lowest BCUT2D eigenvalue weighted by atomic mass is 10.0. The van der Waals surface area contributed by atoms with E-state index in [0.29, 0.717) is 11.8 Å². The molecule has 1 saturated carbocycles. The highest BCUT2D eigenvalue weighted by Crippen LogP contribution is 2.39. The predicted octanol–water partition coefficient (Wildman–Crippen LogP) is 2.28. The molecule has 1 atom stereocenters. The second-order valence-corrected chi connectivity index (χ2v) is 5.32. The number of hydrogen-bond donors (Lipinski definition) is 0. The molecule has 1 aromatic heterocycles. The van der Waals surface area contributed by atoms with Gasteiger partial charge < -0.3 is 13.9 Å². The Bertz CT molecular complexity index is 444. The normalized spacial score (nSPS) is 27.4. The van der Waals surface area contributed by atoms with Crippen LogP contribution in [0.15, 0.2) is 10.7 Å². The van der Waals surface area contributed by atoms with Gasteiger partial charge in [-0.1, -0.05) is 0 Å². The molecule has 0 spiro atoms. The van der Waals surface area contributed by atoms with Gasteiger partial charge in [-0.05, 0) is 32.6 Å². The lowest BCUT2D eigenvalue weighted by Gasteiger charge is -2.21. The van der Waals surface area contributed by atoms with Crippen molar-refractivity contribution < 1.29 is 18.7 Å². The molecule has 1 aromatic rings. The molecule has 1 aliphatic heterocycles. The number of nitrogens with zero attached hydrogens (tertiary/aromatic N) is 1. The zero-order valence-corrected chi connectivity index (χ0v) is 10.5. The SMILES string of the molecule is C[C@@]1(COC(=O)c2coc(C3CC3)n2)CCCO1. The van der Waals surface area contributed by atoms with Crippen LogP contribution in [0.2, 0.25) is 0 Å². The number of esters is 1. The van der Waals surface area contributed by atoms with Gasteiger partial charge in [-0.15, -0.1) is 0 Å². The predicted molar refractivity (Wildman–Crippen MR) is 62.4 cm³/mol. The van der Waals surface area contributed by atoms with Gasteiger partial charge >= 0.3 is 5.97 Å². The smallest absolute Gasteiger partial charge is 0.360 e. The van der Waals surface area contributed by atoms with E-state index >= 15 is 0 Å². The van der Waals surface area contributed by atoms with Crippen molar-refractivity contribution in [3.8, 4) is 0 Å². The van der Waals surface area contributed by atoms with E-state index in [1.807, 2.05) is 6.92 Å². The van der Waals surface area contributed by atoms with E-state index < -0.39 is 5.97 Å². The van der Waals surface area contributed by atoms with Gasteiger partial charge in [0.05, 0.1) is 5.60 Å². The number of carbonyl (C=O) groups excluding carboxylic acids is 1. The van der Waals surface area contributed by atoms with Crippen LogP contribution in [-0.4, -0.2) is 29.8 Å². The number of rotatable bonds is 4. The van der Waals surface area contributed by atoms with Gasteiger partial charge in [-0.3, -0.25) is 0 Å². The van der Waals surface area contributed by atoms with Crippen molar-refractivity contribution in [1.29, 1.82) is 0 Å². The summed E-state index contributed by atoms with van der Waals surface area (Å²) in [5, 5.41) is 0. The van der Waals surface area contributed by atoms with Crippen molar-refractivity contribution >= 4 is 5.97 Å². The van der Waals surface area contributed by atoms with Crippen LogP contribution >= 0.6 is 0 Å². The maximum absolute atomic E-state index is 11.8. The molecule has 0 bridgehead atoms. The topological polar surface area (TPSA) is 61.6 Å². The minimum absolute atomic E-state index is 0.262. The number of ether oxygens (including phenoxy) is 2. The van der Waals surface area contributed by atoms with Crippen LogP contribution in [-0.2, 0) is 9.47 Å². The third kappa shape index (κ3) is 2.41. The Morgan fingerprint density at radius 1 is 1.61 bits per heavy atom. The van der Waals surface area contributed by atoms with Crippen molar-refractivity contribution in [3.05, 3.63) is 17.8 Å². The van der Waals surface area contributed by atoms with Gasteiger partial charge in [-0.2, -0.15) is 0 Å². The number of carbonyl (C=O) groups is 1. The van der Waals surface area contributed by atoms with Crippen LogP contribution < -0.4 is 0 Å². The molecular weight excluding hydrogens is 234 g/mol. The Hall–Kier alpha value is -1.36. The Balaban J connectivity index is 1.56. The molecule has 0 amide bonds. The first kappa shape index (κ1) is 11.7. The van der Waals surface area contributed by atoms with E-state index in [9.17, 15) is 4.79 Å². The molecule has 1 aliphatic carbocycles. The lowest BCUT2D eigenvalue weighted by molar-refractivity contribution is -0.0380. The van der Waals surface area contributed by atoms with E-state index in [1.54, 1.807) is 0 Å². The third-order valence-electron chi connectivity index (χ3n) is 3.47. The quantitative estimate of drug-likeness (QED) is 0.768. The average Bonchev–Trinajstić information content (AvgIpc) is 2.93. The molecule has 3 rings (SSSR count). The molecule has 98 valence electrons.